The number of amides is 1. The molecule has 5 heteroatoms. The van der Waals surface area contributed by atoms with Gasteiger partial charge in [0.05, 0.1) is 16.5 Å². The molecule has 0 bridgehead atoms. The fraction of sp³-hybridized carbons (Fsp3) is 0.235. The maximum absolute atomic E-state index is 13.5. The lowest BCUT2D eigenvalue weighted by atomic mass is 10.1. The first-order valence-electron chi connectivity index (χ1n) is 6.85. The molecule has 0 atom stereocenters. The van der Waals surface area contributed by atoms with Gasteiger partial charge in [-0.1, -0.05) is 35.9 Å². The second-order valence-electron chi connectivity index (χ2n) is 5.07. The highest BCUT2D eigenvalue weighted by Crippen LogP contribution is 2.27. The number of hydrogen-bond donors (Lipinski definition) is 1. The second-order valence-corrected chi connectivity index (χ2v) is 6.46. The largest absolute Gasteiger partial charge is 0.324 e. The van der Waals surface area contributed by atoms with Crippen molar-refractivity contribution in [2.45, 2.75) is 19.6 Å². The van der Waals surface area contributed by atoms with Crippen LogP contribution in [0.15, 0.2) is 36.4 Å². The molecule has 0 heterocycles. The Hall–Kier alpha value is -1.52. The molecule has 0 aliphatic rings. The maximum Gasteiger partial charge on any atom is 0.234 e. The minimum Gasteiger partial charge on any atom is -0.324 e. The van der Waals surface area contributed by atoms with Gasteiger partial charge in [-0.3, -0.25) is 4.79 Å². The fourth-order valence-electron chi connectivity index (χ4n) is 2.12. The number of thioether (sulfide) groups is 1. The minimum absolute atomic E-state index is 0.143. The van der Waals surface area contributed by atoms with Crippen LogP contribution in [0, 0.1) is 19.7 Å². The van der Waals surface area contributed by atoms with E-state index in [1.165, 1.54) is 17.8 Å². The molecule has 0 aliphatic heterocycles. The van der Waals surface area contributed by atoms with Gasteiger partial charge in [0.2, 0.25) is 5.91 Å². The minimum atomic E-state index is -0.243. The van der Waals surface area contributed by atoms with E-state index in [0.717, 1.165) is 11.1 Å². The summed E-state index contributed by atoms with van der Waals surface area (Å²) >= 11 is 7.53. The van der Waals surface area contributed by atoms with Crippen LogP contribution in [0.2, 0.25) is 5.02 Å². The van der Waals surface area contributed by atoms with Crippen LogP contribution in [0.3, 0.4) is 0 Å². The standard InChI is InChI=1S/C17H17ClFNOS/c1-11-7-12(2)17(14(18)8-11)20-16(21)10-22-9-13-5-3-4-6-15(13)19/h3-8H,9-10H2,1-2H3,(H,20,21). The predicted molar refractivity (Wildman–Crippen MR) is 92.1 cm³/mol. The van der Waals surface area contributed by atoms with Gasteiger partial charge >= 0.3 is 0 Å². The van der Waals surface area contributed by atoms with Crippen LogP contribution < -0.4 is 5.32 Å². The third-order valence-corrected chi connectivity index (χ3v) is 4.42. The molecule has 0 radical (unpaired) electrons. The Morgan fingerprint density at radius 2 is 2.00 bits per heavy atom. The zero-order valence-corrected chi connectivity index (χ0v) is 14.0. The van der Waals surface area contributed by atoms with Crippen LogP contribution in [-0.2, 0) is 10.5 Å². The maximum atomic E-state index is 13.5. The fourth-order valence-corrected chi connectivity index (χ4v) is 3.30. The SMILES string of the molecule is Cc1cc(C)c(NC(=O)CSCc2ccccc2F)c(Cl)c1. The summed E-state index contributed by atoms with van der Waals surface area (Å²) in [6.45, 7) is 3.86. The van der Waals surface area contributed by atoms with Crippen LogP contribution >= 0.6 is 23.4 Å². The number of aryl methyl sites for hydroxylation is 2. The summed E-state index contributed by atoms with van der Waals surface area (Å²) in [5, 5.41) is 3.35. The third-order valence-electron chi connectivity index (χ3n) is 3.14. The molecule has 0 saturated carbocycles. The molecule has 1 N–H and O–H groups in total. The van der Waals surface area contributed by atoms with Gasteiger partial charge in [0, 0.05) is 5.75 Å². The van der Waals surface area contributed by atoms with Gasteiger partial charge in [-0.2, -0.15) is 0 Å². The van der Waals surface area contributed by atoms with Gasteiger partial charge in [-0.05, 0) is 42.7 Å². The van der Waals surface area contributed by atoms with E-state index in [2.05, 4.69) is 5.32 Å². The molecule has 0 saturated heterocycles. The van der Waals surface area contributed by atoms with Crippen LogP contribution in [0.25, 0.3) is 0 Å². The molecule has 22 heavy (non-hydrogen) atoms. The number of hydrogen-bond acceptors (Lipinski definition) is 2. The van der Waals surface area contributed by atoms with E-state index in [9.17, 15) is 9.18 Å². The van der Waals surface area contributed by atoms with Gasteiger partial charge in [-0.15, -0.1) is 11.8 Å². The molecule has 116 valence electrons. The second kappa shape index (κ2) is 7.65. The molecule has 0 spiro atoms. The lowest BCUT2D eigenvalue weighted by molar-refractivity contribution is -0.113. The Morgan fingerprint density at radius 1 is 1.27 bits per heavy atom. The highest BCUT2D eigenvalue weighted by atomic mass is 35.5. The summed E-state index contributed by atoms with van der Waals surface area (Å²) in [5.41, 5.74) is 3.22. The number of halogens is 2. The van der Waals surface area contributed by atoms with E-state index in [0.29, 0.717) is 22.0 Å². The lowest BCUT2D eigenvalue weighted by Crippen LogP contribution is -2.15. The molecule has 0 unspecified atom stereocenters. The number of benzene rings is 2. The van der Waals surface area contributed by atoms with Gasteiger partial charge < -0.3 is 5.32 Å². The first kappa shape index (κ1) is 16.8. The Bertz CT molecular complexity index is 667. The Labute approximate surface area is 139 Å². The molecule has 1 amide bonds. The third kappa shape index (κ3) is 4.49. The molecule has 0 aliphatic carbocycles. The van der Waals surface area contributed by atoms with Crippen LogP contribution in [0.4, 0.5) is 10.1 Å². The van der Waals surface area contributed by atoms with Crippen molar-refractivity contribution < 1.29 is 9.18 Å². The molecule has 2 rings (SSSR count). The van der Waals surface area contributed by atoms with Crippen molar-refractivity contribution in [2.75, 3.05) is 11.1 Å². The van der Waals surface area contributed by atoms with Gasteiger partial charge in [0.15, 0.2) is 0 Å². The normalized spacial score (nSPS) is 10.5. The summed E-state index contributed by atoms with van der Waals surface area (Å²) in [4.78, 5) is 12.0. The highest BCUT2D eigenvalue weighted by molar-refractivity contribution is 7.99. The molecule has 2 aromatic carbocycles. The Morgan fingerprint density at radius 3 is 2.68 bits per heavy atom. The van der Waals surface area contributed by atoms with Crippen molar-refractivity contribution in [3.05, 3.63) is 63.9 Å². The van der Waals surface area contributed by atoms with Crippen LogP contribution in [-0.4, -0.2) is 11.7 Å². The summed E-state index contributed by atoms with van der Waals surface area (Å²) in [6, 6.07) is 10.4. The van der Waals surface area contributed by atoms with Crippen molar-refractivity contribution in [1.29, 1.82) is 0 Å². The van der Waals surface area contributed by atoms with Crippen molar-refractivity contribution in [2.24, 2.45) is 0 Å². The summed E-state index contributed by atoms with van der Waals surface area (Å²) in [5.74, 6) is 0.321. The Balaban J connectivity index is 1.90. The van der Waals surface area contributed by atoms with Crippen molar-refractivity contribution in [3.8, 4) is 0 Å². The van der Waals surface area contributed by atoms with E-state index >= 15 is 0 Å². The smallest absolute Gasteiger partial charge is 0.234 e. The predicted octanol–water partition coefficient (Wildman–Crippen LogP) is 4.97. The summed E-state index contributed by atoms with van der Waals surface area (Å²) in [6.07, 6.45) is 0. The summed E-state index contributed by atoms with van der Waals surface area (Å²) < 4.78 is 13.5. The van der Waals surface area contributed by atoms with Crippen molar-refractivity contribution in [3.63, 3.8) is 0 Å². The topological polar surface area (TPSA) is 29.1 Å². The number of rotatable bonds is 5. The summed E-state index contributed by atoms with van der Waals surface area (Å²) in [7, 11) is 0. The van der Waals surface area contributed by atoms with E-state index in [1.807, 2.05) is 26.0 Å². The van der Waals surface area contributed by atoms with Crippen LogP contribution in [0.5, 0.6) is 0 Å². The highest BCUT2D eigenvalue weighted by Gasteiger charge is 2.10. The molecule has 2 nitrogen and oxygen atoms in total. The first-order valence-corrected chi connectivity index (χ1v) is 8.38. The van der Waals surface area contributed by atoms with Gasteiger partial charge in [0.1, 0.15) is 5.82 Å². The van der Waals surface area contributed by atoms with Gasteiger partial charge in [0.25, 0.3) is 0 Å². The molecule has 0 fully saturated rings. The molecule has 0 aromatic heterocycles. The number of carbonyl (C=O) groups excluding carboxylic acids is 1. The van der Waals surface area contributed by atoms with Crippen LogP contribution in [0.1, 0.15) is 16.7 Å². The number of anilines is 1. The van der Waals surface area contributed by atoms with E-state index in [1.54, 1.807) is 18.2 Å². The number of nitrogens with one attached hydrogen (secondary N) is 1. The monoisotopic (exact) mass is 337 g/mol. The Kier molecular flexibility index (Phi) is 5.86. The lowest BCUT2D eigenvalue weighted by Gasteiger charge is -2.11. The number of carbonyl (C=O) groups is 1. The van der Waals surface area contributed by atoms with Crippen molar-refractivity contribution >= 4 is 35.0 Å². The zero-order valence-electron chi connectivity index (χ0n) is 12.5. The van der Waals surface area contributed by atoms with Crippen molar-refractivity contribution in [1.82, 2.24) is 0 Å². The quantitative estimate of drug-likeness (QED) is 0.834. The van der Waals surface area contributed by atoms with Gasteiger partial charge in [-0.25, -0.2) is 4.39 Å². The van der Waals surface area contributed by atoms with E-state index in [4.69, 9.17) is 11.6 Å². The first-order chi connectivity index (χ1) is 10.5. The average molecular weight is 338 g/mol. The average Bonchev–Trinajstić information content (AvgIpc) is 2.45. The molecular formula is C17H17ClFNOS. The molecule has 2 aromatic rings. The zero-order chi connectivity index (χ0) is 16.1. The van der Waals surface area contributed by atoms with E-state index < -0.39 is 0 Å². The molecular weight excluding hydrogens is 321 g/mol. The van der Waals surface area contributed by atoms with E-state index in [-0.39, 0.29) is 17.5 Å².